The van der Waals surface area contributed by atoms with E-state index in [0.717, 1.165) is 5.56 Å². The molecular weight excluding hydrogens is 251 g/mol. The zero-order valence-corrected chi connectivity index (χ0v) is 10.8. The molecule has 0 bridgehead atoms. The number of Topliss-reactive ketones (excluding diaryl/α,β-unsaturated/α-hetero) is 1. The molecule has 1 heterocycles. The third-order valence-corrected chi connectivity index (χ3v) is 3.53. The van der Waals surface area contributed by atoms with Crippen LogP contribution in [0.3, 0.4) is 0 Å². The fourth-order valence-corrected chi connectivity index (χ4v) is 2.59. The molecule has 2 rings (SSSR count). The molecule has 0 radical (unpaired) electrons. The van der Waals surface area contributed by atoms with Crippen molar-refractivity contribution in [3.63, 3.8) is 0 Å². The summed E-state index contributed by atoms with van der Waals surface area (Å²) < 4.78 is 18.5. The Bertz CT molecular complexity index is 534. The lowest BCUT2D eigenvalue weighted by Gasteiger charge is -2.00. The monoisotopic (exact) mass is 264 g/mol. The standard InChI is InChI=1S/C14H13FO2S/c1-17-12-9-18-13(14(12)15)8-11(16)7-10-5-3-2-4-6-10/h2-6,9H,7-8H2,1H3. The van der Waals surface area contributed by atoms with Gasteiger partial charge in [0, 0.05) is 18.2 Å². The van der Waals surface area contributed by atoms with Crippen molar-refractivity contribution in [1.82, 2.24) is 0 Å². The molecule has 1 aromatic heterocycles. The number of carbonyl (C=O) groups is 1. The summed E-state index contributed by atoms with van der Waals surface area (Å²) in [5.41, 5.74) is 0.950. The van der Waals surface area contributed by atoms with Gasteiger partial charge in [-0.25, -0.2) is 4.39 Å². The quantitative estimate of drug-likeness (QED) is 0.828. The third kappa shape index (κ3) is 2.96. The lowest BCUT2D eigenvalue weighted by molar-refractivity contribution is -0.117. The molecule has 2 aromatic rings. The summed E-state index contributed by atoms with van der Waals surface area (Å²) in [7, 11) is 1.42. The summed E-state index contributed by atoms with van der Waals surface area (Å²) in [6.07, 6.45) is 0.454. The van der Waals surface area contributed by atoms with E-state index in [1.54, 1.807) is 5.38 Å². The van der Waals surface area contributed by atoms with Crippen LogP contribution in [0.5, 0.6) is 5.75 Å². The third-order valence-electron chi connectivity index (χ3n) is 2.59. The number of ketones is 1. The Labute approximate surface area is 109 Å². The normalized spacial score (nSPS) is 10.3. The second-order valence-electron chi connectivity index (χ2n) is 3.92. The van der Waals surface area contributed by atoms with Crippen LogP contribution >= 0.6 is 11.3 Å². The zero-order valence-electron chi connectivity index (χ0n) is 9.98. The molecule has 0 saturated heterocycles. The lowest BCUT2D eigenvalue weighted by atomic mass is 10.1. The molecule has 2 nitrogen and oxygen atoms in total. The number of thiophene rings is 1. The predicted octanol–water partition coefficient (Wildman–Crippen LogP) is 3.25. The molecule has 0 N–H and O–H groups in total. The Morgan fingerprint density at radius 1 is 1.28 bits per heavy atom. The van der Waals surface area contributed by atoms with Crippen molar-refractivity contribution in [2.24, 2.45) is 0 Å². The minimum atomic E-state index is -0.413. The van der Waals surface area contributed by atoms with Gasteiger partial charge in [-0.3, -0.25) is 4.79 Å². The van der Waals surface area contributed by atoms with E-state index in [4.69, 9.17) is 4.74 Å². The van der Waals surface area contributed by atoms with Crippen LogP contribution in [0, 0.1) is 5.82 Å². The fourth-order valence-electron chi connectivity index (χ4n) is 1.69. The number of rotatable bonds is 5. The Balaban J connectivity index is 2.01. The van der Waals surface area contributed by atoms with E-state index in [9.17, 15) is 9.18 Å². The van der Waals surface area contributed by atoms with Gasteiger partial charge in [-0.1, -0.05) is 30.3 Å². The first kappa shape index (κ1) is 12.8. The van der Waals surface area contributed by atoms with E-state index < -0.39 is 5.82 Å². The van der Waals surface area contributed by atoms with Crippen molar-refractivity contribution in [2.45, 2.75) is 12.8 Å². The number of hydrogen-bond donors (Lipinski definition) is 0. The summed E-state index contributed by atoms with van der Waals surface area (Å²) in [4.78, 5) is 12.3. The number of ether oxygens (including phenoxy) is 1. The van der Waals surface area contributed by atoms with Gasteiger partial charge >= 0.3 is 0 Å². The van der Waals surface area contributed by atoms with Gasteiger partial charge in [0.25, 0.3) is 0 Å². The molecule has 0 fully saturated rings. The minimum Gasteiger partial charge on any atom is -0.493 e. The first-order valence-electron chi connectivity index (χ1n) is 5.56. The Morgan fingerprint density at radius 3 is 2.61 bits per heavy atom. The van der Waals surface area contributed by atoms with Crippen molar-refractivity contribution in [2.75, 3.05) is 7.11 Å². The zero-order chi connectivity index (χ0) is 13.0. The molecule has 0 amide bonds. The highest BCUT2D eigenvalue weighted by Crippen LogP contribution is 2.27. The second kappa shape index (κ2) is 5.78. The number of benzene rings is 1. The van der Waals surface area contributed by atoms with E-state index in [1.165, 1.54) is 18.4 Å². The molecule has 0 aliphatic heterocycles. The van der Waals surface area contributed by atoms with Crippen LogP contribution in [0.1, 0.15) is 10.4 Å². The maximum atomic E-state index is 13.7. The highest BCUT2D eigenvalue weighted by atomic mass is 32.1. The van der Waals surface area contributed by atoms with E-state index in [0.29, 0.717) is 11.3 Å². The lowest BCUT2D eigenvalue weighted by Crippen LogP contribution is -2.06. The number of halogens is 1. The molecule has 0 aliphatic rings. The fraction of sp³-hybridized carbons (Fsp3) is 0.214. The van der Waals surface area contributed by atoms with Crippen molar-refractivity contribution in [3.05, 3.63) is 52.0 Å². The maximum Gasteiger partial charge on any atom is 0.179 e. The van der Waals surface area contributed by atoms with Crippen LogP contribution in [0.25, 0.3) is 0 Å². The molecule has 18 heavy (non-hydrogen) atoms. The highest BCUT2D eigenvalue weighted by Gasteiger charge is 2.15. The van der Waals surface area contributed by atoms with Gasteiger partial charge in [0.1, 0.15) is 5.78 Å². The number of hydrogen-bond acceptors (Lipinski definition) is 3. The Morgan fingerprint density at radius 2 is 2.00 bits per heavy atom. The topological polar surface area (TPSA) is 26.3 Å². The molecule has 0 spiro atoms. The van der Waals surface area contributed by atoms with Gasteiger partial charge < -0.3 is 4.74 Å². The predicted molar refractivity (Wildman–Crippen MR) is 69.7 cm³/mol. The molecule has 94 valence electrons. The van der Waals surface area contributed by atoms with Gasteiger partial charge in [0.2, 0.25) is 0 Å². The van der Waals surface area contributed by atoms with Crippen molar-refractivity contribution < 1.29 is 13.9 Å². The van der Waals surface area contributed by atoms with Crippen LogP contribution in [0.4, 0.5) is 4.39 Å². The summed E-state index contributed by atoms with van der Waals surface area (Å²) in [6.45, 7) is 0. The van der Waals surface area contributed by atoms with Crippen LogP contribution in [0.15, 0.2) is 35.7 Å². The van der Waals surface area contributed by atoms with Crippen LogP contribution in [0.2, 0.25) is 0 Å². The molecule has 0 unspecified atom stereocenters. The summed E-state index contributed by atoms with van der Waals surface area (Å²) in [5.74, 6) is -0.198. The molecule has 1 aromatic carbocycles. The second-order valence-corrected chi connectivity index (χ2v) is 4.88. The SMILES string of the molecule is COc1csc(CC(=O)Cc2ccccc2)c1F. The van der Waals surface area contributed by atoms with E-state index in [2.05, 4.69) is 0 Å². The first-order valence-corrected chi connectivity index (χ1v) is 6.44. The summed E-state index contributed by atoms with van der Waals surface area (Å²) in [6, 6.07) is 9.46. The van der Waals surface area contributed by atoms with Gasteiger partial charge in [-0.2, -0.15) is 0 Å². The van der Waals surface area contributed by atoms with E-state index in [-0.39, 0.29) is 18.0 Å². The number of methoxy groups -OCH3 is 1. The van der Waals surface area contributed by atoms with E-state index >= 15 is 0 Å². The van der Waals surface area contributed by atoms with Crippen LogP contribution in [-0.4, -0.2) is 12.9 Å². The first-order chi connectivity index (χ1) is 8.70. The van der Waals surface area contributed by atoms with E-state index in [1.807, 2.05) is 30.3 Å². The average Bonchev–Trinajstić information content (AvgIpc) is 2.71. The average molecular weight is 264 g/mol. The van der Waals surface area contributed by atoms with Crippen LogP contribution < -0.4 is 4.74 Å². The van der Waals surface area contributed by atoms with Gasteiger partial charge in [0.15, 0.2) is 11.6 Å². The van der Waals surface area contributed by atoms with Gasteiger partial charge in [0.05, 0.1) is 12.0 Å². The molecule has 0 saturated carbocycles. The van der Waals surface area contributed by atoms with Crippen molar-refractivity contribution in [3.8, 4) is 5.75 Å². The van der Waals surface area contributed by atoms with Crippen molar-refractivity contribution in [1.29, 1.82) is 0 Å². The molecule has 4 heteroatoms. The minimum absolute atomic E-state index is 0.00426. The van der Waals surface area contributed by atoms with Gasteiger partial charge in [-0.15, -0.1) is 11.3 Å². The molecule has 0 aliphatic carbocycles. The van der Waals surface area contributed by atoms with Crippen LogP contribution in [-0.2, 0) is 17.6 Å². The summed E-state index contributed by atoms with van der Waals surface area (Å²) >= 11 is 1.22. The number of carbonyl (C=O) groups excluding carboxylic acids is 1. The molecule has 0 atom stereocenters. The molecular formula is C14H13FO2S. The maximum absolute atomic E-state index is 13.7. The van der Waals surface area contributed by atoms with Gasteiger partial charge in [-0.05, 0) is 5.56 Å². The Hall–Kier alpha value is -1.68. The van der Waals surface area contributed by atoms with Crippen molar-refractivity contribution >= 4 is 17.1 Å². The summed E-state index contributed by atoms with van der Waals surface area (Å²) in [5, 5.41) is 1.58. The smallest absolute Gasteiger partial charge is 0.179 e. The largest absolute Gasteiger partial charge is 0.493 e. The Kier molecular flexibility index (Phi) is 4.10. The highest BCUT2D eigenvalue weighted by molar-refractivity contribution is 7.10.